The first-order valence-corrected chi connectivity index (χ1v) is 3.57. The lowest BCUT2D eigenvalue weighted by atomic mass is 10.4. The zero-order valence-corrected chi connectivity index (χ0v) is 7.08. The molecule has 0 saturated heterocycles. The van der Waals surface area contributed by atoms with Crippen molar-refractivity contribution in [3.05, 3.63) is 11.8 Å². The van der Waals surface area contributed by atoms with E-state index in [-0.39, 0.29) is 0 Å². The standard InChI is InChI=1S/C7H10O7/c8-2-4(9)3-14-5(7(12)13)1-6(10)11/h1,4,8-9H,2-3H2,(H,10,11)(H,12,13)/b5-1+. The Bertz CT molecular complexity index is 244. The van der Waals surface area contributed by atoms with Crippen molar-refractivity contribution in [1.29, 1.82) is 0 Å². The molecule has 0 spiro atoms. The van der Waals surface area contributed by atoms with Crippen molar-refractivity contribution in [3.63, 3.8) is 0 Å². The third kappa shape index (κ3) is 5.12. The van der Waals surface area contributed by atoms with Gasteiger partial charge in [-0.2, -0.15) is 0 Å². The molecule has 0 rings (SSSR count). The normalized spacial score (nSPS) is 13.4. The number of aliphatic carboxylic acids is 2. The summed E-state index contributed by atoms with van der Waals surface area (Å²) in [5.74, 6) is -3.83. The molecule has 7 heteroatoms. The molecule has 0 aromatic carbocycles. The largest absolute Gasteiger partial charge is 0.484 e. The molecule has 80 valence electrons. The van der Waals surface area contributed by atoms with E-state index in [1.165, 1.54) is 0 Å². The van der Waals surface area contributed by atoms with Gasteiger partial charge in [0.25, 0.3) is 0 Å². The van der Waals surface area contributed by atoms with Gasteiger partial charge in [-0.05, 0) is 0 Å². The molecule has 4 N–H and O–H groups in total. The minimum Gasteiger partial charge on any atom is -0.484 e. The van der Waals surface area contributed by atoms with E-state index in [1.54, 1.807) is 0 Å². The molecule has 0 radical (unpaired) electrons. The van der Waals surface area contributed by atoms with E-state index < -0.39 is 37.0 Å². The smallest absolute Gasteiger partial charge is 0.371 e. The maximum Gasteiger partial charge on any atom is 0.371 e. The molecule has 14 heavy (non-hydrogen) atoms. The Morgan fingerprint density at radius 2 is 1.93 bits per heavy atom. The first-order valence-electron chi connectivity index (χ1n) is 3.57. The first-order chi connectivity index (χ1) is 6.47. The van der Waals surface area contributed by atoms with Gasteiger partial charge in [-0.15, -0.1) is 0 Å². The van der Waals surface area contributed by atoms with E-state index >= 15 is 0 Å². The average Bonchev–Trinajstić information content (AvgIpc) is 2.10. The first kappa shape index (κ1) is 12.4. The van der Waals surface area contributed by atoms with Crippen molar-refractivity contribution >= 4 is 11.9 Å². The molecule has 0 saturated carbocycles. The summed E-state index contributed by atoms with van der Waals surface area (Å²) in [5.41, 5.74) is 0. The van der Waals surface area contributed by atoms with Crippen LogP contribution in [0.3, 0.4) is 0 Å². The predicted molar refractivity (Wildman–Crippen MR) is 42.4 cm³/mol. The van der Waals surface area contributed by atoms with Gasteiger partial charge in [0.15, 0.2) is 0 Å². The zero-order valence-electron chi connectivity index (χ0n) is 7.08. The molecule has 1 unspecified atom stereocenters. The lowest BCUT2D eigenvalue weighted by Crippen LogP contribution is -2.21. The molecule has 7 nitrogen and oxygen atoms in total. The Balaban J connectivity index is 4.26. The third-order valence-corrected chi connectivity index (χ3v) is 1.11. The lowest BCUT2D eigenvalue weighted by molar-refractivity contribution is -0.139. The molecule has 0 amide bonds. The molecule has 0 aromatic rings. The fourth-order valence-electron chi connectivity index (χ4n) is 0.516. The summed E-state index contributed by atoms with van der Waals surface area (Å²) in [6.45, 7) is -1.08. The molecule has 0 fully saturated rings. The van der Waals surface area contributed by atoms with E-state index in [0.717, 1.165) is 0 Å². The quantitative estimate of drug-likeness (QED) is 0.305. The maximum absolute atomic E-state index is 10.3. The van der Waals surface area contributed by atoms with Gasteiger partial charge in [0.05, 0.1) is 12.7 Å². The number of carboxylic acids is 2. The highest BCUT2D eigenvalue weighted by molar-refractivity contribution is 5.92. The van der Waals surface area contributed by atoms with Crippen molar-refractivity contribution in [2.75, 3.05) is 13.2 Å². The number of hydrogen-bond donors (Lipinski definition) is 4. The number of aliphatic hydroxyl groups is 2. The van der Waals surface area contributed by atoms with Gasteiger partial charge < -0.3 is 25.2 Å². The Morgan fingerprint density at radius 3 is 2.29 bits per heavy atom. The van der Waals surface area contributed by atoms with E-state index in [1.807, 2.05) is 0 Å². The molecule has 0 bridgehead atoms. The summed E-state index contributed by atoms with van der Waals surface area (Å²) in [5, 5.41) is 33.8. The van der Waals surface area contributed by atoms with Crippen LogP contribution in [0.25, 0.3) is 0 Å². The van der Waals surface area contributed by atoms with Crippen LogP contribution in [0.1, 0.15) is 0 Å². The van der Waals surface area contributed by atoms with E-state index in [4.69, 9.17) is 20.4 Å². The molecular formula is C7H10O7. The molecule has 0 aliphatic rings. The van der Waals surface area contributed by atoms with E-state index in [2.05, 4.69) is 4.74 Å². The number of carbonyl (C=O) groups is 2. The third-order valence-electron chi connectivity index (χ3n) is 1.11. The van der Waals surface area contributed by atoms with E-state index in [0.29, 0.717) is 6.08 Å². The molecule has 1 atom stereocenters. The fourth-order valence-corrected chi connectivity index (χ4v) is 0.516. The van der Waals surface area contributed by atoms with Crippen LogP contribution in [0, 0.1) is 0 Å². The van der Waals surface area contributed by atoms with Crippen LogP contribution in [0.2, 0.25) is 0 Å². The minimum atomic E-state index is -1.56. The van der Waals surface area contributed by atoms with Crippen molar-refractivity contribution < 1.29 is 34.8 Å². The Morgan fingerprint density at radius 1 is 1.36 bits per heavy atom. The minimum absolute atomic E-state index is 0.354. The Kier molecular flexibility index (Phi) is 5.27. The Hall–Kier alpha value is -1.60. The van der Waals surface area contributed by atoms with Gasteiger partial charge in [0, 0.05) is 0 Å². The van der Waals surface area contributed by atoms with Crippen LogP contribution in [0.15, 0.2) is 11.8 Å². The summed E-state index contributed by atoms with van der Waals surface area (Å²) in [6.07, 6.45) is -0.890. The summed E-state index contributed by atoms with van der Waals surface area (Å²) < 4.78 is 4.44. The van der Waals surface area contributed by atoms with Crippen LogP contribution in [-0.4, -0.2) is 51.7 Å². The molecular weight excluding hydrogens is 196 g/mol. The van der Waals surface area contributed by atoms with Crippen LogP contribution >= 0.6 is 0 Å². The van der Waals surface area contributed by atoms with Crippen molar-refractivity contribution in [1.82, 2.24) is 0 Å². The number of carboxylic acid groups (broad SMARTS) is 2. The molecule has 0 heterocycles. The SMILES string of the molecule is O=C(O)/C=C(/OCC(O)CO)C(=O)O. The predicted octanol–water partition coefficient (Wildman–Crippen LogP) is -1.59. The monoisotopic (exact) mass is 206 g/mol. The second-order valence-corrected chi connectivity index (χ2v) is 2.30. The van der Waals surface area contributed by atoms with Gasteiger partial charge in [0.2, 0.25) is 5.76 Å². The number of rotatable bonds is 6. The number of hydrogen-bond acceptors (Lipinski definition) is 5. The number of aliphatic hydroxyl groups excluding tert-OH is 2. The van der Waals surface area contributed by atoms with Crippen molar-refractivity contribution in [3.8, 4) is 0 Å². The highest BCUT2D eigenvalue weighted by atomic mass is 16.5. The lowest BCUT2D eigenvalue weighted by Gasteiger charge is -2.09. The van der Waals surface area contributed by atoms with Gasteiger partial charge in [-0.25, -0.2) is 9.59 Å². The van der Waals surface area contributed by atoms with Gasteiger partial charge in [-0.3, -0.25) is 0 Å². The van der Waals surface area contributed by atoms with Crippen molar-refractivity contribution in [2.45, 2.75) is 6.10 Å². The van der Waals surface area contributed by atoms with Crippen LogP contribution < -0.4 is 0 Å². The molecule has 0 aromatic heterocycles. The van der Waals surface area contributed by atoms with Gasteiger partial charge in [-0.1, -0.05) is 0 Å². The summed E-state index contributed by atoms with van der Waals surface area (Å²) in [6, 6.07) is 0. The maximum atomic E-state index is 10.3. The summed E-state index contributed by atoms with van der Waals surface area (Å²) >= 11 is 0. The molecule has 0 aliphatic carbocycles. The van der Waals surface area contributed by atoms with Crippen LogP contribution in [0.4, 0.5) is 0 Å². The zero-order chi connectivity index (χ0) is 11.1. The highest BCUT2D eigenvalue weighted by Gasteiger charge is 2.13. The van der Waals surface area contributed by atoms with Gasteiger partial charge in [0.1, 0.15) is 12.7 Å². The molecule has 0 aliphatic heterocycles. The average molecular weight is 206 g/mol. The fraction of sp³-hybridized carbons (Fsp3) is 0.429. The van der Waals surface area contributed by atoms with Crippen LogP contribution in [-0.2, 0) is 14.3 Å². The van der Waals surface area contributed by atoms with Crippen LogP contribution in [0.5, 0.6) is 0 Å². The van der Waals surface area contributed by atoms with Gasteiger partial charge >= 0.3 is 11.9 Å². The Labute approximate surface area is 78.9 Å². The second kappa shape index (κ2) is 5.95. The van der Waals surface area contributed by atoms with Crippen molar-refractivity contribution in [2.24, 2.45) is 0 Å². The highest BCUT2D eigenvalue weighted by Crippen LogP contribution is 1.99. The topological polar surface area (TPSA) is 124 Å². The number of ether oxygens (including phenoxy) is 1. The summed E-state index contributed by atoms with van der Waals surface area (Å²) in [4.78, 5) is 20.4. The second-order valence-electron chi connectivity index (χ2n) is 2.30. The summed E-state index contributed by atoms with van der Waals surface area (Å²) in [7, 11) is 0. The van der Waals surface area contributed by atoms with E-state index in [9.17, 15) is 9.59 Å².